The maximum atomic E-state index is 12.7. The van der Waals surface area contributed by atoms with E-state index in [1.807, 2.05) is 0 Å². The Balaban J connectivity index is 2.03. The Bertz CT molecular complexity index is 1060. The van der Waals surface area contributed by atoms with Gasteiger partial charge in [-0.05, 0) is 44.2 Å². The van der Waals surface area contributed by atoms with Gasteiger partial charge in [-0.3, -0.25) is 4.98 Å². The third kappa shape index (κ3) is 6.82. The molecule has 0 aliphatic carbocycles. The predicted octanol–water partition coefficient (Wildman–Crippen LogP) is 3.06. The summed E-state index contributed by atoms with van der Waals surface area (Å²) >= 11 is 0. The summed E-state index contributed by atoms with van der Waals surface area (Å²) in [5.74, 6) is -1.17. The number of ether oxygens (including phenoxy) is 2. The molecule has 1 heterocycles. The van der Waals surface area contributed by atoms with E-state index in [9.17, 15) is 31.5 Å². The molecule has 1 aromatic heterocycles. The molecule has 0 fully saturated rings. The minimum absolute atomic E-state index is 0.0443. The van der Waals surface area contributed by atoms with Crippen molar-refractivity contribution >= 4 is 16.0 Å². The first-order valence-corrected chi connectivity index (χ1v) is 11.2. The highest BCUT2D eigenvalue weighted by atomic mass is 32.2. The zero-order valence-corrected chi connectivity index (χ0v) is 18.6. The molecule has 8 nitrogen and oxygen atoms in total. The van der Waals surface area contributed by atoms with E-state index in [4.69, 9.17) is 9.47 Å². The Hall–Kier alpha value is -2.86. The number of halogens is 3. The van der Waals surface area contributed by atoms with Crippen LogP contribution >= 0.6 is 0 Å². The van der Waals surface area contributed by atoms with Crippen LogP contribution in [-0.4, -0.2) is 60.8 Å². The van der Waals surface area contributed by atoms with Gasteiger partial charge in [0.25, 0.3) is 0 Å². The molecule has 2 aromatic rings. The number of nitrogens with zero attached hydrogens (tertiary/aromatic N) is 2. The summed E-state index contributed by atoms with van der Waals surface area (Å²) in [6.45, 7) is 2.87. The van der Waals surface area contributed by atoms with Crippen molar-refractivity contribution in [3.8, 4) is 22.8 Å². The largest absolute Gasteiger partial charge is 0.504 e. The normalized spacial score (nSPS) is 14.1. The summed E-state index contributed by atoms with van der Waals surface area (Å²) in [5.41, 5.74) is -0.345. The molecule has 1 aromatic carbocycles. The summed E-state index contributed by atoms with van der Waals surface area (Å²) in [7, 11) is -2.08. The van der Waals surface area contributed by atoms with Gasteiger partial charge in [0.05, 0.1) is 24.1 Å². The van der Waals surface area contributed by atoms with Crippen LogP contribution in [0.3, 0.4) is 0 Å². The average molecular weight is 476 g/mol. The third-order valence-corrected chi connectivity index (χ3v) is 5.66. The molecule has 32 heavy (non-hydrogen) atoms. The number of aromatic nitrogens is 1. The van der Waals surface area contributed by atoms with E-state index in [1.165, 1.54) is 45.2 Å². The molecule has 0 aliphatic heterocycles. The van der Waals surface area contributed by atoms with Crippen molar-refractivity contribution in [2.45, 2.75) is 32.2 Å². The van der Waals surface area contributed by atoms with Crippen LogP contribution in [0.1, 0.15) is 19.4 Å². The topological polar surface area (TPSA) is 106 Å². The number of phenols is 1. The number of alkyl halides is 3. The Labute approximate surface area is 183 Å². The molecular weight excluding hydrogens is 453 g/mol. The molecule has 176 valence electrons. The van der Waals surface area contributed by atoms with E-state index >= 15 is 0 Å². The number of sulfonamides is 1. The van der Waals surface area contributed by atoms with E-state index in [-0.39, 0.29) is 23.7 Å². The second kappa shape index (κ2) is 9.74. The van der Waals surface area contributed by atoms with Gasteiger partial charge in [0, 0.05) is 18.8 Å². The van der Waals surface area contributed by atoms with Gasteiger partial charge in [-0.25, -0.2) is 17.5 Å². The standard InChI is InChI=1S/C20H23F3N2O6S/c1-12(11-25(3)32(4,28)29)30-19(27)13(2)31-18-8-5-14(9-17(18)26)16-7-6-15(10-24-16)20(21,22)23/h5-10,12-13,26H,11H2,1-4H3. The second-order valence-electron chi connectivity index (χ2n) is 7.16. The second-order valence-corrected chi connectivity index (χ2v) is 9.25. The molecule has 2 unspecified atom stereocenters. The number of phenolic OH excluding ortho intramolecular Hbond substituents is 1. The van der Waals surface area contributed by atoms with Crippen LogP contribution in [0.25, 0.3) is 11.3 Å². The number of carbonyl (C=O) groups is 1. The van der Waals surface area contributed by atoms with Crippen molar-refractivity contribution in [1.29, 1.82) is 0 Å². The number of hydrogen-bond donors (Lipinski definition) is 1. The highest BCUT2D eigenvalue weighted by molar-refractivity contribution is 7.88. The molecule has 0 aliphatic rings. The monoisotopic (exact) mass is 476 g/mol. The molecule has 0 radical (unpaired) electrons. The Morgan fingerprint density at radius 2 is 1.88 bits per heavy atom. The number of pyridine rings is 1. The Morgan fingerprint density at radius 3 is 2.38 bits per heavy atom. The van der Waals surface area contributed by atoms with E-state index in [0.717, 1.165) is 16.6 Å². The molecule has 0 spiro atoms. The zero-order valence-electron chi connectivity index (χ0n) is 17.8. The number of hydrogen-bond acceptors (Lipinski definition) is 7. The van der Waals surface area contributed by atoms with E-state index < -0.39 is 39.9 Å². The van der Waals surface area contributed by atoms with Crippen LogP contribution in [0.5, 0.6) is 11.5 Å². The first-order valence-electron chi connectivity index (χ1n) is 9.33. The molecular formula is C20H23F3N2O6S. The molecule has 0 bridgehead atoms. The number of likely N-dealkylation sites (N-methyl/N-ethyl adjacent to an activating group) is 1. The Kier molecular flexibility index (Phi) is 7.73. The molecule has 0 amide bonds. The van der Waals surface area contributed by atoms with Gasteiger partial charge < -0.3 is 14.6 Å². The van der Waals surface area contributed by atoms with Gasteiger partial charge in [0.2, 0.25) is 10.0 Å². The van der Waals surface area contributed by atoms with Gasteiger partial charge in [0.1, 0.15) is 6.10 Å². The number of benzene rings is 1. The first-order chi connectivity index (χ1) is 14.7. The van der Waals surface area contributed by atoms with Crippen molar-refractivity contribution in [3.63, 3.8) is 0 Å². The fraction of sp³-hybridized carbons (Fsp3) is 0.400. The lowest BCUT2D eigenvalue weighted by Crippen LogP contribution is -2.37. The third-order valence-electron chi connectivity index (χ3n) is 4.38. The molecule has 0 saturated heterocycles. The maximum absolute atomic E-state index is 12.7. The Morgan fingerprint density at radius 1 is 1.22 bits per heavy atom. The maximum Gasteiger partial charge on any atom is 0.417 e. The van der Waals surface area contributed by atoms with Crippen molar-refractivity contribution < 1.29 is 41.0 Å². The average Bonchev–Trinajstić information content (AvgIpc) is 2.68. The van der Waals surface area contributed by atoms with Crippen LogP contribution in [0.15, 0.2) is 36.5 Å². The highest BCUT2D eigenvalue weighted by Gasteiger charge is 2.30. The number of esters is 1. The summed E-state index contributed by atoms with van der Waals surface area (Å²) in [6, 6.07) is 6.10. The lowest BCUT2D eigenvalue weighted by molar-refractivity contribution is -0.156. The lowest BCUT2D eigenvalue weighted by atomic mass is 10.1. The molecule has 2 rings (SSSR count). The molecule has 2 atom stereocenters. The lowest BCUT2D eigenvalue weighted by Gasteiger charge is -2.22. The fourth-order valence-electron chi connectivity index (χ4n) is 2.58. The quantitative estimate of drug-likeness (QED) is 0.584. The molecule has 1 N–H and O–H groups in total. The van der Waals surface area contributed by atoms with Crippen molar-refractivity contribution in [2.75, 3.05) is 19.8 Å². The summed E-state index contributed by atoms with van der Waals surface area (Å²) in [6.07, 6.45) is -4.65. The van der Waals surface area contributed by atoms with Crippen LogP contribution < -0.4 is 4.74 Å². The van der Waals surface area contributed by atoms with Crippen LogP contribution in [0.2, 0.25) is 0 Å². The van der Waals surface area contributed by atoms with E-state index in [0.29, 0.717) is 11.8 Å². The van der Waals surface area contributed by atoms with Gasteiger partial charge in [0.15, 0.2) is 17.6 Å². The van der Waals surface area contributed by atoms with Gasteiger partial charge in [-0.15, -0.1) is 0 Å². The van der Waals surface area contributed by atoms with Gasteiger partial charge in [-0.2, -0.15) is 13.2 Å². The minimum atomic E-state index is -4.51. The minimum Gasteiger partial charge on any atom is -0.504 e. The van der Waals surface area contributed by atoms with Crippen molar-refractivity contribution in [2.24, 2.45) is 0 Å². The van der Waals surface area contributed by atoms with Gasteiger partial charge in [-0.1, -0.05) is 0 Å². The number of carbonyl (C=O) groups excluding carboxylic acids is 1. The summed E-state index contributed by atoms with van der Waals surface area (Å²) < 4.78 is 72.5. The van der Waals surface area contributed by atoms with E-state index in [1.54, 1.807) is 0 Å². The summed E-state index contributed by atoms with van der Waals surface area (Å²) in [4.78, 5) is 16.0. The number of rotatable bonds is 8. The fourth-order valence-corrected chi connectivity index (χ4v) is 3.06. The summed E-state index contributed by atoms with van der Waals surface area (Å²) in [5, 5.41) is 10.2. The molecule has 0 saturated carbocycles. The smallest absolute Gasteiger partial charge is 0.417 e. The van der Waals surface area contributed by atoms with Crippen LogP contribution in [-0.2, 0) is 25.7 Å². The van der Waals surface area contributed by atoms with Crippen molar-refractivity contribution in [3.05, 3.63) is 42.1 Å². The van der Waals surface area contributed by atoms with E-state index in [2.05, 4.69) is 4.98 Å². The van der Waals surface area contributed by atoms with Crippen LogP contribution in [0, 0.1) is 0 Å². The number of aromatic hydroxyl groups is 1. The SMILES string of the molecule is CC(CN(C)S(C)(=O)=O)OC(=O)C(C)Oc1ccc(-c2ccc(C(F)(F)F)cn2)cc1O. The van der Waals surface area contributed by atoms with Gasteiger partial charge >= 0.3 is 12.1 Å². The first kappa shape index (κ1) is 25.4. The zero-order chi connectivity index (χ0) is 24.3. The predicted molar refractivity (Wildman–Crippen MR) is 109 cm³/mol. The molecule has 12 heteroatoms. The highest BCUT2D eigenvalue weighted by Crippen LogP contribution is 2.33. The van der Waals surface area contributed by atoms with Crippen LogP contribution in [0.4, 0.5) is 13.2 Å². The van der Waals surface area contributed by atoms with Crippen molar-refractivity contribution in [1.82, 2.24) is 9.29 Å².